The summed E-state index contributed by atoms with van der Waals surface area (Å²) in [4.78, 5) is 19.8. The third-order valence-corrected chi connectivity index (χ3v) is 2.22. The van der Waals surface area contributed by atoms with Crippen LogP contribution in [0.15, 0.2) is 18.6 Å². The first-order valence-corrected chi connectivity index (χ1v) is 5.22. The smallest absolute Gasteiger partial charge is 0.243 e. The van der Waals surface area contributed by atoms with Crippen molar-refractivity contribution in [3.8, 4) is 5.88 Å². The highest BCUT2D eigenvalue weighted by Gasteiger charge is 2.16. The molecule has 0 radical (unpaired) electrons. The van der Waals surface area contributed by atoms with Gasteiger partial charge in [0.05, 0.1) is 19.0 Å². The fraction of sp³-hybridized carbons (Fsp3) is 0.300. The Bertz CT molecular complexity index is 553. The van der Waals surface area contributed by atoms with Crippen LogP contribution in [-0.4, -0.2) is 37.9 Å². The maximum absolute atomic E-state index is 12.0. The Morgan fingerprint density at radius 3 is 2.89 bits per heavy atom. The Morgan fingerprint density at radius 1 is 1.44 bits per heavy atom. The number of nitrogens with two attached hydrogens (primary N) is 1. The van der Waals surface area contributed by atoms with E-state index in [-0.39, 0.29) is 30.4 Å². The van der Waals surface area contributed by atoms with Crippen molar-refractivity contribution in [1.29, 1.82) is 0 Å². The third kappa shape index (κ3) is 2.48. The highest BCUT2D eigenvalue weighted by atomic mass is 16.5. The monoisotopic (exact) mass is 248 g/mol. The van der Waals surface area contributed by atoms with Crippen LogP contribution in [0.5, 0.6) is 5.88 Å². The summed E-state index contributed by atoms with van der Waals surface area (Å²) in [6.07, 6.45) is 4.50. The minimum absolute atomic E-state index is 0.0159. The van der Waals surface area contributed by atoms with E-state index in [1.54, 1.807) is 6.20 Å². The molecule has 18 heavy (non-hydrogen) atoms. The van der Waals surface area contributed by atoms with Gasteiger partial charge in [-0.1, -0.05) is 5.21 Å². The summed E-state index contributed by atoms with van der Waals surface area (Å²) >= 11 is 0. The molecular weight excluding hydrogens is 236 g/mol. The van der Waals surface area contributed by atoms with Gasteiger partial charge in [0, 0.05) is 18.9 Å². The second kappa shape index (κ2) is 5.32. The minimum atomic E-state index is -0.256. The molecule has 0 aliphatic carbocycles. The Kier molecular flexibility index (Phi) is 3.58. The van der Waals surface area contributed by atoms with E-state index in [1.807, 2.05) is 0 Å². The number of Topliss-reactive ketones (excluding diaryl/α,β-unsaturated/α-hetero) is 1. The lowest BCUT2D eigenvalue weighted by atomic mass is 10.3. The first-order valence-electron chi connectivity index (χ1n) is 5.22. The van der Waals surface area contributed by atoms with Gasteiger partial charge in [-0.3, -0.25) is 4.79 Å². The molecule has 2 aromatic rings. The zero-order chi connectivity index (χ0) is 13.0. The number of carbonyl (C=O) groups is 1. The molecule has 2 heterocycles. The molecule has 0 saturated carbocycles. The van der Waals surface area contributed by atoms with Gasteiger partial charge in [0.15, 0.2) is 5.69 Å². The molecule has 0 aliphatic rings. The van der Waals surface area contributed by atoms with Gasteiger partial charge >= 0.3 is 0 Å². The molecule has 2 aromatic heterocycles. The van der Waals surface area contributed by atoms with Gasteiger partial charge in [-0.15, -0.1) is 5.10 Å². The number of carbonyl (C=O) groups excluding carboxylic acids is 1. The van der Waals surface area contributed by atoms with Gasteiger partial charge in [0.25, 0.3) is 0 Å². The van der Waals surface area contributed by atoms with Crippen LogP contribution in [0.4, 0.5) is 0 Å². The molecule has 8 nitrogen and oxygen atoms in total. The first-order chi connectivity index (χ1) is 8.74. The van der Waals surface area contributed by atoms with Gasteiger partial charge < -0.3 is 10.5 Å². The summed E-state index contributed by atoms with van der Waals surface area (Å²) < 4.78 is 6.37. The first kappa shape index (κ1) is 12.1. The molecule has 0 fully saturated rings. The average Bonchev–Trinajstić information content (AvgIpc) is 2.86. The van der Waals surface area contributed by atoms with E-state index in [0.29, 0.717) is 5.69 Å². The predicted octanol–water partition coefficient (Wildman–Crippen LogP) is -0.582. The minimum Gasteiger partial charge on any atom is -0.479 e. The molecule has 8 heteroatoms. The predicted molar refractivity (Wildman–Crippen MR) is 60.8 cm³/mol. The van der Waals surface area contributed by atoms with Gasteiger partial charge in [0.1, 0.15) is 6.54 Å². The van der Waals surface area contributed by atoms with Gasteiger partial charge in [-0.05, 0) is 0 Å². The average molecular weight is 248 g/mol. The van der Waals surface area contributed by atoms with Gasteiger partial charge in [0.2, 0.25) is 11.7 Å². The number of ether oxygens (including phenoxy) is 1. The number of rotatable bonds is 5. The highest BCUT2D eigenvalue weighted by Crippen LogP contribution is 2.11. The summed E-state index contributed by atoms with van der Waals surface area (Å²) in [5.41, 5.74) is 6.20. The van der Waals surface area contributed by atoms with Crippen molar-refractivity contribution in [3.05, 3.63) is 30.0 Å². The quantitative estimate of drug-likeness (QED) is 0.705. The Hall–Kier alpha value is -2.35. The van der Waals surface area contributed by atoms with Crippen molar-refractivity contribution < 1.29 is 9.53 Å². The number of ketones is 1. The molecule has 2 N–H and O–H groups in total. The highest BCUT2D eigenvalue weighted by molar-refractivity contribution is 5.95. The van der Waals surface area contributed by atoms with Crippen molar-refractivity contribution in [1.82, 2.24) is 25.0 Å². The van der Waals surface area contributed by atoms with E-state index in [0.717, 1.165) is 0 Å². The van der Waals surface area contributed by atoms with Crippen molar-refractivity contribution in [2.24, 2.45) is 5.73 Å². The molecular formula is C10H12N6O2. The van der Waals surface area contributed by atoms with Crippen LogP contribution in [0.2, 0.25) is 0 Å². The van der Waals surface area contributed by atoms with E-state index >= 15 is 0 Å². The number of hydrogen-bond donors (Lipinski definition) is 1. The topological polar surface area (TPSA) is 109 Å². The fourth-order valence-electron chi connectivity index (χ4n) is 1.40. The summed E-state index contributed by atoms with van der Waals surface area (Å²) in [7, 11) is 1.43. The molecule has 0 spiro atoms. The standard InChI is InChI=1S/C10H12N6O2/c1-18-10-9(12-2-3-13-10)8(17)6-16-5-7(4-11)14-15-16/h2-3,5H,4,6,11H2,1H3. The van der Waals surface area contributed by atoms with Crippen molar-refractivity contribution >= 4 is 5.78 Å². The SMILES string of the molecule is COc1nccnc1C(=O)Cn1cc(CN)nn1. The Balaban J connectivity index is 2.16. The van der Waals surface area contributed by atoms with E-state index in [1.165, 1.54) is 24.2 Å². The summed E-state index contributed by atoms with van der Waals surface area (Å²) in [5.74, 6) is -0.0601. The second-order valence-corrected chi connectivity index (χ2v) is 3.45. The summed E-state index contributed by atoms with van der Waals surface area (Å²) in [6.45, 7) is 0.296. The van der Waals surface area contributed by atoms with E-state index in [4.69, 9.17) is 10.5 Å². The second-order valence-electron chi connectivity index (χ2n) is 3.45. The van der Waals surface area contributed by atoms with Crippen LogP contribution in [0, 0.1) is 0 Å². The van der Waals surface area contributed by atoms with E-state index in [9.17, 15) is 4.79 Å². The van der Waals surface area contributed by atoms with Crippen LogP contribution in [0.1, 0.15) is 16.2 Å². The van der Waals surface area contributed by atoms with E-state index < -0.39 is 0 Å². The molecule has 0 atom stereocenters. The van der Waals surface area contributed by atoms with Crippen molar-refractivity contribution in [3.63, 3.8) is 0 Å². The molecule has 0 bridgehead atoms. The number of aromatic nitrogens is 5. The van der Waals surface area contributed by atoms with Crippen LogP contribution in [-0.2, 0) is 13.1 Å². The zero-order valence-electron chi connectivity index (χ0n) is 9.78. The Morgan fingerprint density at radius 2 is 2.22 bits per heavy atom. The summed E-state index contributed by atoms with van der Waals surface area (Å²) in [5, 5.41) is 7.58. The van der Waals surface area contributed by atoms with Crippen LogP contribution in [0.25, 0.3) is 0 Å². The van der Waals surface area contributed by atoms with E-state index in [2.05, 4.69) is 20.3 Å². The number of methoxy groups -OCH3 is 1. The molecule has 0 unspecified atom stereocenters. The van der Waals surface area contributed by atoms with Gasteiger partial charge in [-0.2, -0.15) is 0 Å². The van der Waals surface area contributed by atoms with Crippen molar-refractivity contribution in [2.45, 2.75) is 13.1 Å². The zero-order valence-corrected chi connectivity index (χ0v) is 9.78. The van der Waals surface area contributed by atoms with Gasteiger partial charge in [-0.25, -0.2) is 14.6 Å². The van der Waals surface area contributed by atoms with Crippen LogP contribution >= 0.6 is 0 Å². The fourth-order valence-corrected chi connectivity index (χ4v) is 1.40. The lowest BCUT2D eigenvalue weighted by molar-refractivity contribution is 0.0958. The van der Waals surface area contributed by atoms with Crippen LogP contribution in [0.3, 0.4) is 0 Å². The molecule has 0 aliphatic heterocycles. The molecule has 0 amide bonds. The van der Waals surface area contributed by atoms with Crippen LogP contribution < -0.4 is 10.5 Å². The largest absolute Gasteiger partial charge is 0.479 e. The number of hydrogen-bond acceptors (Lipinski definition) is 7. The molecule has 2 rings (SSSR count). The lowest BCUT2D eigenvalue weighted by Gasteiger charge is -2.04. The van der Waals surface area contributed by atoms with Crippen molar-refractivity contribution in [2.75, 3.05) is 7.11 Å². The maximum atomic E-state index is 12.0. The Labute approximate surface area is 103 Å². The molecule has 0 aromatic carbocycles. The molecule has 0 saturated heterocycles. The third-order valence-electron chi connectivity index (χ3n) is 2.22. The number of nitrogens with zero attached hydrogens (tertiary/aromatic N) is 5. The summed E-state index contributed by atoms with van der Waals surface area (Å²) in [6, 6.07) is 0. The lowest BCUT2D eigenvalue weighted by Crippen LogP contribution is -2.14. The molecule has 94 valence electrons. The normalized spacial score (nSPS) is 10.3. The maximum Gasteiger partial charge on any atom is 0.243 e.